The first kappa shape index (κ1) is 18.0. The van der Waals surface area contributed by atoms with Crippen LogP contribution in [0.3, 0.4) is 0 Å². The lowest BCUT2D eigenvalue weighted by molar-refractivity contribution is -0.121. The monoisotopic (exact) mass is 361 g/mol. The van der Waals surface area contributed by atoms with Gasteiger partial charge in [0.05, 0.1) is 12.1 Å². The van der Waals surface area contributed by atoms with Crippen LogP contribution < -0.4 is 5.32 Å². The normalized spacial score (nSPS) is 16.1. The molecular formula is C19H24FN3OS. The fourth-order valence-corrected chi connectivity index (χ4v) is 3.96. The van der Waals surface area contributed by atoms with E-state index in [0.717, 1.165) is 42.3 Å². The second-order valence-corrected chi connectivity index (χ2v) is 7.37. The molecule has 1 aromatic heterocycles. The van der Waals surface area contributed by atoms with Crippen LogP contribution in [-0.4, -0.2) is 41.5 Å². The smallest absolute Gasteiger partial charge is 0.226 e. The van der Waals surface area contributed by atoms with Crippen molar-refractivity contribution in [2.75, 3.05) is 19.6 Å². The number of thiazole rings is 1. The molecule has 1 fully saturated rings. The molecule has 1 atom stereocenters. The lowest BCUT2D eigenvalue weighted by atomic mass is 10.2. The molecule has 3 rings (SSSR count). The summed E-state index contributed by atoms with van der Waals surface area (Å²) in [7, 11) is 0. The molecular weight excluding hydrogens is 337 g/mol. The third-order valence-electron chi connectivity index (χ3n) is 4.50. The fraction of sp³-hybridized carbons (Fsp3) is 0.474. The zero-order valence-corrected chi connectivity index (χ0v) is 15.3. The maximum Gasteiger partial charge on any atom is 0.226 e. The number of likely N-dealkylation sites (tertiary alicyclic amines) is 1. The zero-order valence-electron chi connectivity index (χ0n) is 14.5. The average molecular weight is 361 g/mol. The number of rotatable bonds is 7. The highest BCUT2D eigenvalue weighted by atomic mass is 32.1. The van der Waals surface area contributed by atoms with Crippen LogP contribution in [0, 0.1) is 5.82 Å². The average Bonchev–Trinajstić information content (AvgIpc) is 3.26. The first-order valence-corrected chi connectivity index (χ1v) is 9.74. The molecule has 1 saturated heterocycles. The number of benzene rings is 1. The molecule has 25 heavy (non-hydrogen) atoms. The van der Waals surface area contributed by atoms with E-state index >= 15 is 0 Å². The molecule has 0 radical (unpaired) electrons. The topological polar surface area (TPSA) is 45.2 Å². The predicted molar refractivity (Wildman–Crippen MR) is 99.1 cm³/mol. The molecule has 1 aliphatic heterocycles. The van der Waals surface area contributed by atoms with Crippen molar-refractivity contribution < 1.29 is 9.18 Å². The maximum atomic E-state index is 13.3. The van der Waals surface area contributed by atoms with E-state index in [0.29, 0.717) is 0 Å². The Morgan fingerprint density at radius 2 is 2.20 bits per heavy atom. The van der Waals surface area contributed by atoms with Crippen LogP contribution in [0.5, 0.6) is 0 Å². The van der Waals surface area contributed by atoms with Crippen LogP contribution in [-0.2, 0) is 11.2 Å². The number of amides is 1. The Morgan fingerprint density at radius 1 is 1.40 bits per heavy atom. The van der Waals surface area contributed by atoms with Crippen LogP contribution in [0.2, 0.25) is 0 Å². The Hall–Kier alpha value is -1.79. The molecule has 134 valence electrons. The van der Waals surface area contributed by atoms with Gasteiger partial charge in [-0.05, 0) is 44.5 Å². The van der Waals surface area contributed by atoms with Gasteiger partial charge in [0.25, 0.3) is 0 Å². The van der Waals surface area contributed by atoms with Gasteiger partial charge in [-0.2, -0.15) is 0 Å². The van der Waals surface area contributed by atoms with Gasteiger partial charge in [-0.1, -0.05) is 19.1 Å². The third kappa shape index (κ3) is 5.09. The second kappa shape index (κ2) is 8.54. The molecule has 6 heteroatoms. The minimum atomic E-state index is -0.278. The van der Waals surface area contributed by atoms with Gasteiger partial charge in [0.2, 0.25) is 5.91 Å². The van der Waals surface area contributed by atoms with E-state index < -0.39 is 0 Å². The summed E-state index contributed by atoms with van der Waals surface area (Å²) in [6.07, 6.45) is 3.70. The Balaban J connectivity index is 1.55. The number of halogens is 1. The summed E-state index contributed by atoms with van der Waals surface area (Å²) in [6, 6.07) is 6.56. The van der Waals surface area contributed by atoms with Crippen LogP contribution >= 0.6 is 11.3 Å². The van der Waals surface area contributed by atoms with E-state index in [4.69, 9.17) is 0 Å². The molecule has 1 amide bonds. The summed E-state index contributed by atoms with van der Waals surface area (Å²) in [5.74, 6) is -0.276. The zero-order chi connectivity index (χ0) is 17.6. The largest absolute Gasteiger partial charge is 0.352 e. The SMILES string of the molecule is CC[C@H](CN1CCCC1)NC(=O)Cc1csc(-c2cccc(F)c2)n1. The summed E-state index contributed by atoms with van der Waals surface area (Å²) >= 11 is 1.44. The second-order valence-electron chi connectivity index (χ2n) is 6.51. The van der Waals surface area contributed by atoms with Gasteiger partial charge in [-0.25, -0.2) is 9.37 Å². The maximum absolute atomic E-state index is 13.3. The number of nitrogens with one attached hydrogen (secondary N) is 1. The van der Waals surface area contributed by atoms with Gasteiger partial charge < -0.3 is 10.2 Å². The van der Waals surface area contributed by atoms with E-state index in [1.54, 1.807) is 6.07 Å². The van der Waals surface area contributed by atoms with Crippen LogP contribution in [0.25, 0.3) is 10.6 Å². The first-order chi connectivity index (χ1) is 12.1. The molecule has 0 unspecified atom stereocenters. The van der Waals surface area contributed by atoms with Crippen LogP contribution in [0.4, 0.5) is 4.39 Å². The summed E-state index contributed by atoms with van der Waals surface area (Å²) in [5.41, 5.74) is 1.48. The summed E-state index contributed by atoms with van der Waals surface area (Å²) in [6.45, 7) is 5.30. The van der Waals surface area contributed by atoms with Gasteiger partial charge in [0.15, 0.2) is 0 Å². The molecule has 2 heterocycles. The Bertz CT molecular complexity index is 712. The number of nitrogens with zero attached hydrogens (tertiary/aromatic N) is 2. The Kier molecular flexibility index (Phi) is 6.15. The van der Waals surface area contributed by atoms with E-state index in [2.05, 4.69) is 22.1 Å². The highest BCUT2D eigenvalue weighted by molar-refractivity contribution is 7.13. The van der Waals surface area contributed by atoms with Crippen molar-refractivity contribution in [2.45, 2.75) is 38.6 Å². The number of hydrogen-bond donors (Lipinski definition) is 1. The third-order valence-corrected chi connectivity index (χ3v) is 5.44. The lowest BCUT2D eigenvalue weighted by Gasteiger charge is -2.23. The van der Waals surface area contributed by atoms with Gasteiger partial charge in [-0.3, -0.25) is 4.79 Å². The van der Waals surface area contributed by atoms with E-state index in [9.17, 15) is 9.18 Å². The molecule has 0 saturated carbocycles. The predicted octanol–water partition coefficient (Wildman–Crippen LogP) is 3.48. The van der Waals surface area contributed by atoms with Crippen molar-refractivity contribution in [1.82, 2.24) is 15.2 Å². The highest BCUT2D eigenvalue weighted by Gasteiger charge is 2.18. The number of carbonyl (C=O) groups excluding carboxylic acids is 1. The van der Waals surface area contributed by atoms with E-state index in [1.807, 2.05) is 11.4 Å². The van der Waals surface area contributed by atoms with Gasteiger partial charge in [0.1, 0.15) is 10.8 Å². The van der Waals surface area contributed by atoms with Crippen molar-refractivity contribution in [3.05, 3.63) is 41.2 Å². The van der Waals surface area contributed by atoms with Crippen LogP contribution in [0.1, 0.15) is 31.9 Å². The molecule has 1 aromatic carbocycles. The van der Waals surface area contributed by atoms with Gasteiger partial charge in [0, 0.05) is 23.5 Å². The summed E-state index contributed by atoms with van der Waals surface area (Å²) < 4.78 is 13.3. The van der Waals surface area contributed by atoms with Crippen molar-refractivity contribution in [3.8, 4) is 10.6 Å². The Morgan fingerprint density at radius 3 is 2.92 bits per heavy atom. The Labute approximate surface area is 152 Å². The molecule has 1 aliphatic rings. The summed E-state index contributed by atoms with van der Waals surface area (Å²) in [5, 5.41) is 5.74. The van der Waals surface area contributed by atoms with Crippen molar-refractivity contribution >= 4 is 17.2 Å². The quantitative estimate of drug-likeness (QED) is 0.821. The van der Waals surface area contributed by atoms with E-state index in [1.165, 1.54) is 36.3 Å². The van der Waals surface area contributed by atoms with Crippen LogP contribution in [0.15, 0.2) is 29.6 Å². The molecule has 2 aromatic rings. The number of hydrogen-bond acceptors (Lipinski definition) is 4. The van der Waals surface area contributed by atoms with Gasteiger partial charge in [-0.15, -0.1) is 11.3 Å². The lowest BCUT2D eigenvalue weighted by Crippen LogP contribution is -2.43. The molecule has 0 spiro atoms. The van der Waals surface area contributed by atoms with Crippen molar-refractivity contribution in [1.29, 1.82) is 0 Å². The molecule has 1 N–H and O–H groups in total. The minimum absolute atomic E-state index is 0.00198. The first-order valence-electron chi connectivity index (χ1n) is 8.86. The minimum Gasteiger partial charge on any atom is -0.352 e. The fourth-order valence-electron chi connectivity index (χ4n) is 3.14. The van der Waals surface area contributed by atoms with Crippen molar-refractivity contribution in [2.24, 2.45) is 0 Å². The number of carbonyl (C=O) groups is 1. The number of aromatic nitrogens is 1. The summed E-state index contributed by atoms with van der Waals surface area (Å²) in [4.78, 5) is 19.2. The van der Waals surface area contributed by atoms with E-state index in [-0.39, 0.29) is 24.2 Å². The molecule has 4 nitrogen and oxygen atoms in total. The van der Waals surface area contributed by atoms with Crippen molar-refractivity contribution in [3.63, 3.8) is 0 Å². The molecule has 0 bridgehead atoms. The van der Waals surface area contributed by atoms with Gasteiger partial charge >= 0.3 is 0 Å². The molecule has 0 aliphatic carbocycles. The highest BCUT2D eigenvalue weighted by Crippen LogP contribution is 2.24. The standard InChI is InChI=1S/C19H24FN3OS/c1-2-16(12-23-8-3-4-9-23)21-18(24)11-17-13-25-19(22-17)14-6-5-7-15(20)10-14/h5-7,10,13,16H,2-4,8-9,11-12H2,1H3,(H,21,24)/t16-/m1/s1.